The van der Waals surface area contributed by atoms with Crippen molar-refractivity contribution in [1.29, 1.82) is 0 Å². The Kier molecular flexibility index (Phi) is 4.60. The van der Waals surface area contributed by atoms with E-state index < -0.39 is 10.0 Å². The average Bonchev–Trinajstić information content (AvgIpc) is 2.23. The minimum atomic E-state index is -3.63. The molecule has 0 aliphatic heterocycles. The molecule has 0 aliphatic carbocycles. The van der Waals surface area contributed by atoms with Gasteiger partial charge in [-0.1, -0.05) is 17.7 Å². The SMILES string of the molecule is C=CCN(C)S(=O)(=O)c1cc(Cl)cc(N)c1Br. The van der Waals surface area contributed by atoms with Gasteiger partial charge in [0.2, 0.25) is 10.0 Å². The number of rotatable bonds is 4. The van der Waals surface area contributed by atoms with Gasteiger partial charge in [-0.05, 0) is 28.1 Å². The number of sulfonamides is 1. The van der Waals surface area contributed by atoms with Crippen molar-refractivity contribution in [2.24, 2.45) is 0 Å². The first-order chi connectivity index (χ1) is 7.80. The fraction of sp³-hybridized carbons (Fsp3) is 0.200. The minimum Gasteiger partial charge on any atom is -0.398 e. The lowest BCUT2D eigenvalue weighted by Crippen LogP contribution is -2.27. The van der Waals surface area contributed by atoms with Crippen molar-refractivity contribution >= 4 is 43.2 Å². The Balaban J connectivity index is 3.38. The fourth-order valence-corrected chi connectivity index (χ4v) is 3.61. The van der Waals surface area contributed by atoms with E-state index in [9.17, 15) is 8.42 Å². The first-order valence-corrected chi connectivity index (χ1v) is 7.23. The summed E-state index contributed by atoms with van der Waals surface area (Å²) in [6.07, 6.45) is 1.50. The maximum absolute atomic E-state index is 12.2. The molecule has 1 aromatic carbocycles. The highest BCUT2D eigenvalue weighted by Crippen LogP contribution is 2.32. The fourth-order valence-electron chi connectivity index (χ4n) is 1.22. The zero-order valence-electron chi connectivity index (χ0n) is 9.15. The Morgan fingerprint density at radius 2 is 2.18 bits per heavy atom. The number of anilines is 1. The number of benzene rings is 1. The lowest BCUT2D eigenvalue weighted by molar-refractivity contribution is 0.499. The molecule has 0 radical (unpaired) electrons. The smallest absolute Gasteiger partial charge is 0.244 e. The number of nitrogens with two attached hydrogens (primary N) is 1. The summed E-state index contributed by atoms with van der Waals surface area (Å²) in [5.41, 5.74) is 5.94. The Morgan fingerprint density at radius 3 is 2.71 bits per heavy atom. The van der Waals surface area contributed by atoms with E-state index in [1.807, 2.05) is 0 Å². The molecule has 0 bridgehead atoms. The molecule has 0 aromatic heterocycles. The van der Waals surface area contributed by atoms with Gasteiger partial charge in [-0.25, -0.2) is 8.42 Å². The third-order valence-electron chi connectivity index (χ3n) is 2.11. The van der Waals surface area contributed by atoms with E-state index in [4.69, 9.17) is 17.3 Å². The molecule has 0 unspecified atom stereocenters. The second-order valence-electron chi connectivity index (χ2n) is 3.38. The molecule has 4 nitrogen and oxygen atoms in total. The van der Waals surface area contributed by atoms with Gasteiger partial charge < -0.3 is 5.73 Å². The zero-order valence-corrected chi connectivity index (χ0v) is 12.3. The molecule has 1 aromatic rings. The highest BCUT2D eigenvalue weighted by molar-refractivity contribution is 9.10. The van der Waals surface area contributed by atoms with Crippen LogP contribution in [0.25, 0.3) is 0 Å². The minimum absolute atomic E-state index is 0.0480. The number of nitrogen functional groups attached to an aromatic ring is 1. The number of likely N-dealkylation sites (N-methyl/N-ethyl adjacent to an activating group) is 1. The maximum Gasteiger partial charge on any atom is 0.244 e. The molecular formula is C10H12BrClN2O2S. The predicted octanol–water partition coefficient (Wildman–Crippen LogP) is 2.49. The molecule has 7 heteroatoms. The summed E-state index contributed by atoms with van der Waals surface area (Å²) in [5.74, 6) is 0. The maximum atomic E-state index is 12.2. The molecule has 94 valence electrons. The molecule has 17 heavy (non-hydrogen) atoms. The van der Waals surface area contributed by atoms with Crippen LogP contribution in [0.1, 0.15) is 0 Å². The molecule has 0 saturated heterocycles. The van der Waals surface area contributed by atoms with E-state index in [1.54, 1.807) is 0 Å². The molecule has 0 aliphatic rings. The normalized spacial score (nSPS) is 11.8. The van der Waals surface area contributed by atoms with Crippen molar-refractivity contribution in [2.45, 2.75) is 4.90 Å². The third-order valence-corrected chi connectivity index (χ3v) is 5.32. The Morgan fingerprint density at radius 1 is 1.59 bits per heavy atom. The van der Waals surface area contributed by atoms with Gasteiger partial charge >= 0.3 is 0 Å². The first kappa shape index (κ1) is 14.5. The van der Waals surface area contributed by atoms with Crippen LogP contribution in [0.3, 0.4) is 0 Å². The predicted molar refractivity (Wildman–Crippen MR) is 73.6 cm³/mol. The van der Waals surface area contributed by atoms with Gasteiger partial charge in [0.15, 0.2) is 0 Å². The molecule has 0 saturated carbocycles. The summed E-state index contributed by atoms with van der Waals surface area (Å²) in [4.78, 5) is 0.0480. The van der Waals surface area contributed by atoms with E-state index in [2.05, 4.69) is 22.5 Å². The van der Waals surface area contributed by atoms with Gasteiger partial charge in [0.05, 0.1) is 9.37 Å². The molecular weight excluding hydrogens is 328 g/mol. The van der Waals surface area contributed by atoms with Crippen molar-refractivity contribution in [3.05, 3.63) is 34.3 Å². The lowest BCUT2D eigenvalue weighted by atomic mass is 10.3. The van der Waals surface area contributed by atoms with Gasteiger partial charge in [0.25, 0.3) is 0 Å². The van der Waals surface area contributed by atoms with Crippen LogP contribution in [0.4, 0.5) is 5.69 Å². The van der Waals surface area contributed by atoms with Crippen molar-refractivity contribution in [1.82, 2.24) is 4.31 Å². The Bertz CT molecular complexity index is 545. The Hall–Kier alpha value is -0.560. The molecule has 0 amide bonds. The monoisotopic (exact) mass is 338 g/mol. The second kappa shape index (κ2) is 5.39. The molecule has 2 N–H and O–H groups in total. The van der Waals surface area contributed by atoms with Crippen LogP contribution in [0.5, 0.6) is 0 Å². The van der Waals surface area contributed by atoms with E-state index in [0.717, 1.165) is 4.31 Å². The van der Waals surface area contributed by atoms with Crippen molar-refractivity contribution in [2.75, 3.05) is 19.3 Å². The number of hydrogen-bond acceptors (Lipinski definition) is 3. The first-order valence-electron chi connectivity index (χ1n) is 4.62. The summed E-state index contributed by atoms with van der Waals surface area (Å²) in [7, 11) is -2.17. The van der Waals surface area contributed by atoms with Crippen molar-refractivity contribution < 1.29 is 8.42 Å². The summed E-state index contributed by atoms with van der Waals surface area (Å²) in [5, 5.41) is 0.274. The number of hydrogen-bond donors (Lipinski definition) is 1. The van der Waals surface area contributed by atoms with Gasteiger partial charge in [-0.15, -0.1) is 6.58 Å². The van der Waals surface area contributed by atoms with Crippen LogP contribution in [-0.2, 0) is 10.0 Å². The lowest BCUT2D eigenvalue weighted by Gasteiger charge is -2.17. The van der Waals surface area contributed by atoms with Crippen molar-refractivity contribution in [3.63, 3.8) is 0 Å². The van der Waals surface area contributed by atoms with Crippen LogP contribution in [0.15, 0.2) is 34.2 Å². The van der Waals surface area contributed by atoms with Crippen LogP contribution in [0.2, 0.25) is 5.02 Å². The molecule has 0 spiro atoms. The summed E-state index contributed by atoms with van der Waals surface area (Å²) in [6, 6.07) is 2.84. The van der Waals surface area contributed by atoms with Crippen LogP contribution < -0.4 is 5.73 Å². The summed E-state index contributed by atoms with van der Waals surface area (Å²) >= 11 is 8.96. The summed E-state index contributed by atoms with van der Waals surface area (Å²) < 4.78 is 25.8. The zero-order chi connectivity index (χ0) is 13.2. The highest BCUT2D eigenvalue weighted by Gasteiger charge is 2.24. The van der Waals surface area contributed by atoms with Gasteiger partial charge in [-0.3, -0.25) is 0 Å². The number of halogens is 2. The van der Waals surface area contributed by atoms with E-state index >= 15 is 0 Å². The van der Waals surface area contributed by atoms with Crippen LogP contribution in [-0.4, -0.2) is 26.3 Å². The van der Waals surface area contributed by atoms with Gasteiger partial charge in [0.1, 0.15) is 0 Å². The summed E-state index contributed by atoms with van der Waals surface area (Å²) in [6.45, 7) is 3.71. The van der Waals surface area contributed by atoms with Crippen LogP contribution >= 0.6 is 27.5 Å². The third kappa shape index (κ3) is 3.01. The van der Waals surface area contributed by atoms with Gasteiger partial charge in [-0.2, -0.15) is 4.31 Å². The van der Waals surface area contributed by atoms with E-state index in [0.29, 0.717) is 4.47 Å². The highest BCUT2D eigenvalue weighted by atomic mass is 79.9. The molecule has 1 rings (SSSR count). The standard InChI is InChI=1S/C10H12BrClN2O2S/c1-3-4-14(2)17(15,16)9-6-7(12)5-8(13)10(9)11/h3,5-6H,1,4,13H2,2H3. The Labute approximate surface area is 114 Å². The number of nitrogens with zero attached hydrogens (tertiary/aromatic N) is 1. The average molecular weight is 340 g/mol. The second-order valence-corrected chi connectivity index (χ2v) is 6.62. The van der Waals surface area contributed by atoms with Gasteiger partial charge in [0, 0.05) is 24.3 Å². The van der Waals surface area contributed by atoms with Crippen molar-refractivity contribution in [3.8, 4) is 0 Å². The van der Waals surface area contributed by atoms with E-state index in [1.165, 1.54) is 25.3 Å². The quantitative estimate of drug-likeness (QED) is 0.677. The topological polar surface area (TPSA) is 63.4 Å². The largest absolute Gasteiger partial charge is 0.398 e. The van der Waals surface area contributed by atoms with Crippen LogP contribution in [0, 0.1) is 0 Å². The molecule has 0 atom stereocenters. The van der Waals surface area contributed by atoms with E-state index in [-0.39, 0.29) is 22.2 Å². The molecule has 0 heterocycles. The molecule has 0 fully saturated rings.